The summed E-state index contributed by atoms with van der Waals surface area (Å²) in [5.41, 5.74) is 4.69. The lowest BCUT2D eigenvalue weighted by molar-refractivity contribution is -0.119. The average molecular weight is 449 g/mol. The first-order valence-electron chi connectivity index (χ1n) is 10.4. The summed E-state index contributed by atoms with van der Waals surface area (Å²) in [6, 6.07) is 19.5. The molecule has 0 radical (unpaired) electrons. The number of anilines is 2. The smallest absolute Gasteiger partial charge is 0.238 e. The SMILES string of the molecule is Cc1cccc(C)c1NC(=O)CN(C)CC(=O)Nc1cccc(CSc2ccccn2)c1. The number of aryl methyl sites for hydroxylation is 2. The second kappa shape index (κ2) is 11.5. The van der Waals surface area contributed by atoms with Gasteiger partial charge in [-0.15, -0.1) is 11.8 Å². The van der Waals surface area contributed by atoms with Crippen LogP contribution in [0.1, 0.15) is 16.7 Å². The van der Waals surface area contributed by atoms with Gasteiger partial charge >= 0.3 is 0 Å². The third kappa shape index (κ3) is 7.21. The third-order valence-electron chi connectivity index (χ3n) is 4.81. The zero-order chi connectivity index (χ0) is 22.9. The Morgan fingerprint density at radius 2 is 1.59 bits per heavy atom. The van der Waals surface area contributed by atoms with E-state index >= 15 is 0 Å². The van der Waals surface area contributed by atoms with Crippen molar-refractivity contribution in [1.29, 1.82) is 0 Å². The Hall–Kier alpha value is -3.16. The number of amides is 2. The molecule has 32 heavy (non-hydrogen) atoms. The van der Waals surface area contributed by atoms with Gasteiger partial charge in [0.25, 0.3) is 0 Å². The molecular weight excluding hydrogens is 420 g/mol. The van der Waals surface area contributed by atoms with Crippen LogP contribution in [0.15, 0.2) is 71.9 Å². The molecule has 2 N–H and O–H groups in total. The Morgan fingerprint density at radius 1 is 0.906 bits per heavy atom. The minimum Gasteiger partial charge on any atom is -0.325 e. The monoisotopic (exact) mass is 448 g/mol. The minimum absolute atomic E-state index is 0.118. The van der Waals surface area contributed by atoms with Crippen LogP contribution in [-0.2, 0) is 15.3 Å². The van der Waals surface area contributed by atoms with Crippen molar-refractivity contribution >= 4 is 35.0 Å². The standard InChI is InChI=1S/C25H28N4O2S/c1-18-8-6-9-19(2)25(18)28-23(31)16-29(3)15-22(30)27-21-11-7-10-20(14-21)17-32-24-12-4-5-13-26-24/h4-14H,15-17H2,1-3H3,(H,27,30)(H,28,31). The maximum atomic E-state index is 12.5. The van der Waals surface area contributed by atoms with Gasteiger partial charge in [0.2, 0.25) is 11.8 Å². The van der Waals surface area contributed by atoms with E-state index in [4.69, 9.17) is 0 Å². The number of para-hydroxylation sites is 1. The highest BCUT2D eigenvalue weighted by Crippen LogP contribution is 2.22. The van der Waals surface area contributed by atoms with Crippen LogP contribution in [0.3, 0.4) is 0 Å². The van der Waals surface area contributed by atoms with Crippen molar-refractivity contribution in [3.63, 3.8) is 0 Å². The zero-order valence-electron chi connectivity index (χ0n) is 18.6. The number of carbonyl (C=O) groups is 2. The van der Waals surface area contributed by atoms with Gasteiger partial charge in [-0.3, -0.25) is 14.5 Å². The van der Waals surface area contributed by atoms with Gasteiger partial charge in [-0.1, -0.05) is 36.4 Å². The predicted octanol–water partition coefficient (Wildman–Crippen LogP) is 4.50. The molecule has 0 aliphatic rings. The Bertz CT molecular complexity index is 1050. The molecule has 0 saturated carbocycles. The van der Waals surface area contributed by atoms with E-state index < -0.39 is 0 Å². The molecule has 7 heteroatoms. The Labute approximate surface area is 193 Å². The van der Waals surface area contributed by atoms with Gasteiger partial charge in [0.05, 0.1) is 18.1 Å². The second-order valence-electron chi connectivity index (χ2n) is 7.69. The number of likely N-dealkylation sites (N-methyl/N-ethyl adjacent to an activating group) is 1. The van der Waals surface area contributed by atoms with E-state index in [1.54, 1.807) is 29.9 Å². The molecule has 2 amide bonds. The summed E-state index contributed by atoms with van der Waals surface area (Å²) in [5.74, 6) is 0.451. The molecule has 0 unspecified atom stereocenters. The number of aromatic nitrogens is 1. The highest BCUT2D eigenvalue weighted by Gasteiger charge is 2.13. The summed E-state index contributed by atoms with van der Waals surface area (Å²) in [5, 5.41) is 6.82. The number of hydrogen-bond donors (Lipinski definition) is 2. The van der Waals surface area contributed by atoms with Gasteiger partial charge in [-0.2, -0.15) is 0 Å². The first-order valence-corrected chi connectivity index (χ1v) is 11.4. The number of thioether (sulfide) groups is 1. The van der Waals surface area contributed by atoms with Crippen molar-refractivity contribution in [2.75, 3.05) is 30.8 Å². The summed E-state index contributed by atoms with van der Waals surface area (Å²) < 4.78 is 0. The van der Waals surface area contributed by atoms with Gasteiger partial charge in [-0.05, 0) is 61.9 Å². The fraction of sp³-hybridized carbons (Fsp3) is 0.240. The molecule has 0 spiro atoms. The van der Waals surface area contributed by atoms with Gasteiger partial charge < -0.3 is 10.6 Å². The van der Waals surface area contributed by atoms with Crippen LogP contribution >= 0.6 is 11.8 Å². The fourth-order valence-corrected chi connectivity index (χ4v) is 4.07. The number of carbonyl (C=O) groups excluding carboxylic acids is 2. The zero-order valence-corrected chi connectivity index (χ0v) is 19.4. The molecule has 0 aliphatic heterocycles. The van der Waals surface area contributed by atoms with Crippen molar-refractivity contribution in [3.05, 3.63) is 83.6 Å². The van der Waals surface area contributed by atoms with Crippen LogP contribution in [0.5, 0.6) is 0 Å². The quantitative estimate of drug-likeness (QED) is 0.472. The Morgan fingerprint density at radius 3 is 2.28 bits per heavy atom. The molecule has 0 aliphatic carbocycles. The molecule has 2 aromatic carbocycles. The number of benzene rings is 2. The van der Waals surface area contributed by atoms with Crippen molar-refractivity contribution in [2.24, 2.45) is 0 Å². The first-order chi connectivity index (χ1) is 15.4. The molecule has 0 bridgehead atoms. The molecule has 6 nitrogen and oxygen atoms in total. The van der Waals surface area contributed by atoms with Crippen molar-refractivity contribution in [3.8, 4) is 0 Å². The summed E-state index contributed by atoms with van der Waals surface area (Å²) in [6.07, 6.45) is 1.78. The highest BCUT2D eigenvalue weighted by molar-refractivity contribution is 7.98. The largest absolute Gasteiger partial charge is 0.325 e. The summed E-state index contributed by atoms with van der Waals surface area (Å²) in [6.45, 7) is 4.17. The average Bonchev–Trinajstić information content (AvgIpc) is 2.76. The molecule has 3 aromatic rings. The molecule has 0 atom stereocenters. The summed E-state index contributed by atoms with van der Waals surface area (Å²) in [4.78, 5) is 30.9. The van der Waals surface area contributed by atoms with E-state index in [0.29, 0.717) is 0 Å². The van der Waals surface area contributed by atoms with E-state index in [9.17, 15) is 9.59 Å². The second-order valence-corrected chi connectivity index (χ2v) is 8.69. The Kier molecular flexibility index (Phi) is 8.41. The van der Waals surface area contributed by atoms with Gasteiger partial charge in [0.15, 0.2) is 0 Å². The minimum atomic E-state index is -0.165. The molecule has 166 valence electrons. The molecule has 1 heterocycles. The fourth-order valence-electron chi connectivity index (χ4n) is 3.27. The molecule has 1 aromatic heterocycles. The van der Waals surface area contributed by atoms with Crippen LogP contribution < -0.4 is 10.6 Å². The van der Waals surface area contributed by atoms with Crippen molar-refractivity contribution in [2.45, 2.75) is 24.6 Å². The van der Waals surface area contributed by atoms with Gasteiger partial charge in [0, 0.05) is 23.3 Å². The maximum absolute atomic E-state index is 12.5. The van der Waals surface area contributed by atoms with Gasteiger partial charge in [0.1, 0.15) is 0 Å². The van der Waals surface area contributed by atoms with Crippen LogP contribution in [0, 0.1) is 13.8 Å². The third-order valence-corrected chi connectivity index (χ3v) is 5.82. The van der Waals surface area contributed by atoms with Crippen LogP contribution in [-0.4, -0.2) is 41.8 Å². The maximum Gasteiger partial charge on any atom is 0.238 e. The van der Waals surface area contributed by atoms with E-state index in [1.165, 1.54) is 0 Å². The molecule has 3 rings (SSSR count). The number of pyridine rings is 1. The van der Waals surface area contributed by atoms with E-state index in [0.717, 1.165) is 38.8 Å². The van der Waals surface area contributed by atoms with E-state index in [-0.39, 0.29) is 24.9 Å². The number of nitrogens with zero attached hydrogens (tertiary/aromatic N) is 2. The molecule has 0 fully saturated rings. The molecule has 0 saturated heterocycles. The lowest BCUT2D eigenvalue weighted by Crippen LogP contribution is -2.36. The van der Waals surface area contributed by atoms with Crippen LogP contribution in [0.2, 0.25) is 0 Å². The van der Waals surface area contributed by atoms with E-state index in [1.807, 2.05) is 74.5 Å². The topological polar surface area (TPSA) is 74.3 Å². The van der Waals surface area contributed by atoms with Crippen molar-refractivity contribution in [1.82, 2.24) is 9.88 Å². The number of hydrogen-bond acceptors (Lipinski definition) is 5. The lowest BCUT2D eigenvalue weighted by Gasteiger charge is -2.17. The van der Waals surface area contributed by atoms with E-state index in [2.05, 4.69) is 15.6 Å². The summed E-state index contributed by atoms with van der Waals surface area (Å²) in [7, 11) is 1.75. The lowest BCUT2D eigenvalue weighted by atomic mass is 10.1. The normalized spacial score (nSPS) is 10.8. The highest BCUT2D eigenvalue weighted by atomic mass is 32.2. The Balaban J connectivity index is 1.48. The molecular formula is C25H28N4O2S. The van der Waals surface area contributed by atoms with Crippen LogP contribution in [0.4, 0.5) is 11.4 Å². The van der Waals surface area contributed by atoms with Crippen LogP contribution in [0.25, 0.3) is 0 Å². The van der Waals surface area contributed by atoms with Gasteiger partial charge in [-0.25, -0.2) is 4.98 Å². The number of nitrogens with one attached hydrogen (secondary N) is 2. The van der Waals surface area contributed by atoms with Crippen molar-refractivity contribution < 1.29 is 9.59 Å². The predicted molar refractivity (Wildman–Crippen MR) is 131 cm³/mol. The first kappa shape index (κ1) is 23.5. The summed E-state index contributed by atoms with van der Waals surface area (Å²) >= 11 is 1.64. The number of rotatable bonds is 9.